The molecule has 3 atom stereocenters. The summed E-state index contributed by atoms with van der Waals surface area (Å²) in [6.07, 6.45) is -5.83. The van der Waals surface area contributed by atoms with Gasteiger partial charge in [0.05, 0.1) is 19.8 Å². The Morgan fingerprint density at radius 2 is 1.56 bits per heavy atom. The molecule has 0 spiro atoms. The molecule has 1 aliphatic rings. The van der Waals surface area contributed by atoms with Gasteiger partial charge in [0, 0.05) is 19.2 Å². The van der Waals surface area contributed by atoms with E-state index in [1.54, 1.807) is 30.3 Å². The van der Waals surface area contributed by atoms with E-state index in [-0.39, 0.29) is 37.6 Å². The van der Waals surface area contributed by atoms with Gasteiger partial charge in [0.2, 0.25) is 0 Å². The summed E-state index contributed by atoms with van der Waals surface area (Å²) in [7, 11) is -0.697. The van der Waals surface area contributed by atoms with Gasteiger partial charge in [-0.2, -0.15) is 13.2 Å². The SMILES string of the molecule is COC(=O)[C@]1([C@H](CO[Si](C)(C)C(C)(C)C)NC(=O)[C@](OC)(c2ccccc2)C(F)(F)F)CCCN1C(=O)OCc1ccccc1. The second-order valence-corrected chi connectivity index (χ2v) is 17.4. The number of amides is 2. The van der Waals surface area contributed by atoms with Gasteiger partial charge in [0.25, 0.3) is 11.5 Å². The zero-order chi connectivity index (χ0) is 33.7. The van der Waals surface area contributed by atoms with Crippen molar-refractivity contribution in [1.82, 2.24) is 10.2 Å². The van der Waals surface area contributed by atoms with Crippen LogP contribution in [0.1, 0.15) is 44.7 Å². The molecular formula is C32H43F3N2O7Si. The van der Waals surface area contributed by atoms with Crippen LogP contribution >= 0.6 is 0 Å². The molecular weight excluding hydrogens is 609 g/mol. The van der Waals surface area contributed by atoms with Crippen LogP contribution in [0.5, 0.6) is 0 Å². The minimum absolute atomic E-state index is 0.0245. The number of carbonyl (C=O) groups excluding carboxylic acids is 3. The number of carbonyl (C=O) groups is 3. The molecule has 248 valence electrons. The first kappa shape index (κ1) is 36.0. The van der Waals surface area contributed by atoms with Gasteiger partial charge in [0.1, 0.15) is 6.61 Å². The molecule has 45 heavy (non-hydrogen) atoms. The van der Waals surface area contributed by atoms with E-state index in [0.717, 1.165) is 31.3 Å². The van der Waals surface area contributed by atoms with E-state index in [1.807, 2.05) is 33.9 Å². The van der Waals surface area contributed by atoms with Gasteiger partial charge in [-0.15, -0.1) is 0 Å². The number of alkyl halides is 3. The van der Waals surface area contributed by atoms with Crippen LogP contribution in [0.4, 0.5) is 18.0 Å². The highest BCUT2D eigenvalue weighted by Gasteiger charge is 2.65. The Bertz CT molecular complexity index is 1320. The third-order valence-electron chi connectivity index (χ3n) is 8.89. The number of halogens is 3. The fraction of sp³-hybridized carbons (Fsp3) is 0.531. The summed E-state index contributed by atoms with van der Waals surface area (Å²) < 4.78 is 66.7. The van der Waals surface area contributed by atoms with Crippen LogP contribution < -0.4 is 5.32 Å². The largest absolute Gasteiger partial charge is 0.467 e. The monoisotopic (exact) mass is 652 g/mol. The summed E-state index contributed by atoms with van der Waals surface area (Å²) in [6.45, 7) is 9.31. The zero-order valence-corrected chi connectivity index (χ0v) is 27.8. The summed E-state index contributed by atoms with van der Waals surface area (Å²) in [4.78, 5) is 42.4. The molecule has 0 unspecified atom stereocenters. The van der Waals surface area contributed by atoms with Crippen LogP contribution in [0, 0.1) is 0 Å². The quantitative estimate of drug-likeness (QED) is 0.237. The predicted molar refractivity (Wildman–Crippen MR) is 164 cm³/mol. The number of rotatable bonds is 11. The molecule has 2 amide bonds. The Morgan fingerprint density at radius 3 is 2.07 bits per heavy atom. The summed E-state index contributed by atoms with van der Waals surface area (Å²) >= 11 is 0. The fourth-order valence-electron chi connectivity index (χ4n) is 5.28. The lowest BCUT2D eigenvalue weighted by atomic mass is 9.85. The highest BCUT2D eigenvalue weighted by Crippen LogP contribution is 2.44. The molecule has 2 aromatic rings. The number of benzene rings is 2. The third kappa shape index (κ3) is 7.20. The smallest absolute Gasteiger partial charge is 0.430 e. The van der Waals surface area contributed by atoms with Crippen molar-refractivity contribution in [2.45, 2.75) is 81.7 Å². The van der Waals surface area contributed by atoms with Crippen LogP contribution in [-0.2, 0) is 40.4 Å². The molecule has 0 saturated carbocycles. The maximum atomic E-state index is 14.9. The summed E-state index contributed by atoms with van der Waals surface area (Å²) in [5.74, 6) is -2.49. The topological polar surface area (TPSA) is 103 Å². The molecule has 1 aliphatic heterocycles. The average molecular weight is 653 g/mol. The van der Waals surface area contributed by atoms with E-state index < -0.39 is 55.2 Å². The number of nitrogens with one attached hydrogen (secondary N) is 1. The molecule has 1 N–H and O–H groups in total. The minimum atomic E-state index is -5.21. The Hall–Kier alpha value is -3.42. The Morgan fingerprint density at radius 1 is 0.978 bits per heavy atom. The number of ether oxygens (including phenoxy) is 3. The lowest BCUT2D eigenvalue weighted by Gasteiger charge is -2.45. The maximum absolute atomic E-state index is 14.9. The van der Waals surface area contributed by atoms with E-state index >= 15 is 0 Å². The lowest BCUT2D eigenvalue weighted by Crippen LogP contribution is -2.70. The Kier molecular flexibility index (Phi) is 11.1. The third-order valence-corrected chi connectivity index (χ3v) is 13.4. The van der Waals surface area contributed by atoms with Crippen molar-refractivity contribution in [2.24, 2.45) is 0 Å². The standard InChI is InChI=1S/C32H43F3N2O7Si/c1-29(2,3)45(6,7)44-22-25(36-26(38)31(42-5,32(33,34)35)24-17-12-9-13-18-24)30(27(39)41-4)19-14-20-37(30)28(40)43-21-23-15-10-8-11-16-23/h8-13,15-18,25H,14,19-22H2,1-7H3,(H,36,38)/t25-,30+,31+/m0/s1. The molecule has 1 saturated heterocycles. The van der Waals surface area contributed by atoms with Crippen LogP contribution in [0.25, 0.3) is 0 Å². The summed E-state index contributed by atoms with van der Waals surface area (Å²) in [5, 5.41) is 2.13. The molecule has 13 heteroatoms. The Labute approximate surface area is 263 Å². The van der Waals surface area contributed by atoms with Gasteiger partial charge >= 0.3 is 18.2 Å². The number of methoxy groups -OCH3 is 2. The zero-order valence-electron chi connectivity index (χ0n) is 26.8. The molecule has 1 heterocycles. The molecule has 1 fully saturated rings. The minimum Gasteiger partial charge on any atom is -0.467 e. The first-order chi connectivity index (χ1) is 21.0. The molecule has 0 bridgehead atoms. The number of hydrogen-bond donors (Lipinski definition) is 1. The van der Waals surface area contributed by atoms with E-state index in [2.05, 4.69) is 5.32 Å². The molecule has 3 rings (SSSR count). The van der Waals surface area contributed by atoms with Crippen molar-refractivity contribution in [3.63, 3.8) is 0 Å². The van der Waals surface area contributed by atoms with Crippen molar-refractivity contribution < 1.29 is 46.2 Å². The van der Waals surface area contributed by atoms with Gasteiger partial charge in [-0.3, -0.25) is 9.69 Å². The van der Waals surface area contributed by atoms with Gasteiger partial charge in [-0.1, -0.05) is 81.4 Å². The average Bonchev–Trinajstić information content (AvgIpc) is 3.44. The van der Waals surface area contributed by atoms with E-state index in [4.69, 9.17) is 18.6 Å². The second-order valence-electron chi connectivity index (χ2n) is 12.6. The van der Waals surface area contributed by atoms with Crippen molar-refractivity contribution in [3.8, 4) is 0 Å². The van der Waals surface area contributed by atoms with Gasteiger partial charge < -0.3 is 24.0 Å². The van der Waals surface area contributed by atoms with Crippen molar-refractivity contribution >= 4 is 26.3 Å². The van der Waals surface area contributed by atoms with Crippen LogP contribution in [-0.4, -0.2) is 76.3 Å². The van der Waals surface area contributed by atoms with Crippen LogP contribution in [0.15, 0.2) is 60.7 Å². The van der Waals surface area contributed by atoms with Crippen LogP contribution in [0.3, 0.4) is 0 Å². The second kappa shape index (κ2) is 13.9. The van der Waals surface area contributed by atoms with Crippen molar-refractivity contribution in [2.75, 3.05) is 27.4 Å². The van der Waals surface area contributed by atoms with Gasteiger partial charge in [-0.05, 0) is 36.5 Å². The number of esters is 1. The molecule has 0 radical (unpaired) electrons. The summed E-state index contributed by atoms with van der Waals surface area (Å²) in [6, 6.07) is 13.9. The maximum Gasteiger partial charge on any atom is 0.430 e. The van der Waals surface area contributed by atoms with Crippen molar-refractivity contribution in [3.05, 3.63) is 71.8 Å². The number of nitrogens with zero attached hydrogens (tertiary/aromatic N) is 1. The van der Waals surface area contributed by atoms with Crippen LogP contribution in [0.2, 0.25) is 18.1 Å². The van der Waals surface area contributed by atoms with E-state index in [0.29, 0.717) is 5.56 Å². The highest BCUT2D eigenvalue weighted by atomic mass is 28.4. The fourth-order valence-corrected chi connectivity index (χ4v) is 6.29. The predicted octanol–water partition coefficient (Wildman–Crippen LogP) is 5.94. The first-order valence-corrected chi connectivity index (χ1v) is 17.6. The summed E-state index contributed by atoms with van der Waals surface area (Å²) in [5.41, 5.74) is -5.14. The molecule has 0 aromatic heterocycles. The van der Waals surface area contributed by atoms with Gasteiger partial charge in [0.15, 0.2) is 13.9 Å². The number of likely N-dealkylation sites (tertiary alicyclic amines) is 1. The van der Waals surface area contributed by atoms with E-state index in [9.17, 15) is 27.6 Å². The van der Waals surface area contributed by atoms with Crippen molar-refractivity contribution in [1.29, 1.82) is 0 Å². The Balaban J connectivity index is 2.12. The lowest BCUT2D eigenvalue weighted by molar-refractivity contribution is -0.266. The molecule has 2 aromatic carbocycles. The van der Waals surface area contributed by atoms with Gasteiger partial charge in [-0.25, -0.2) is 9.59 Å². The van der Waals surface area contributed by atoms with E-state index in [1.165, 1.54) is 18.2 Å². The first-order valence-electron chi connectivity index (χ1n) is 14.7. The normalized spacial score (nSPS) is 19.4. The highest BCUT2D eigenvalue weighted by molar-refractivity contribution is 6.74. The molecule has 0 aliphatic carbocycles. The molecule has 9 nitrogen and oxygen atoms in total. The number of hydrogen-bond acceptors (Lipinski definition) is 7.